The second-order valence-corrected chi connectivity index (χ2v) is 7.79. The standard InChI is InChI=1S/C26H24N2O3/c1-18(20-12-6-3-7-13-20)17-27-24(29)23(16-19-10-4-2-5-11-19)28-25(30)21-14-8-9-15-22(21)26(28)31/h2-15,18,23H,16-17H2,1H3,(H,27,29)/t18?,23-/m0/s1. The molecule has 5 heteroatoms. The molecule has 0 saturated heterocycles. The maximum absolute atomic E-state index is 13.3. The van der Waals surface area contributed by atoms with E-state index in [-0.39, 0.29) is 18.2 Å². The molecule has 156 valence electrons. The van der Waals surface area contributed by atoms with Gasteiger partial charge >= 0.3 is 0 Å². The zero-order valence-corrected chi connectivity index (χ0v) is 17.3. The van der Waals surface area contributed by atoms with Crippen molar-refractivity contribution in [3.8, 4) is 0 Å². The van der Waals surface area contributed by atoms with Crippen LogP contribution in [0.3, 0.4) is 0 Å². The zero-order valence-electron chi connectivity index (χ0n) is 17.3. The van der Waals surface area contributed by atoms with Gasteiger partial charge < -0.3 is 5.32 Å². The Labute approximate surface area is 181 Å². The number of nitrogens with zero attached hydrogens (tertiary/aromatic N) is 1. The van der Waals surface area contributed by atoms with Crippen LogP contribution in [0, 0.1) is 0 Å². The Hall–Kier alpha value is -3.73. The third kappa shape index (κ3) is 4.26. The van der Waals surface area contributed by atoms with Crippen LogP contribution in [-0.4, -0.2) is 35.2 Å². The number of fused-ring (bicyclic) bond motifs is 1. The van der Waals surface area contributed by atoms with Crippen LogP contribution in [0.2, 0.25) is 0 Å². The fraction of sp³-hybridized carbons (Fsp3) is 0.192. The van der Waals surface area contributed by atoms with Crippen LogP contribution in [0.25, 0.3) is 0 Å². The average Bonchev–Trinajstić information content (AvgIpc) is 3.07. The topological polar surface area (TPSA) is 66.5 Å². The van der Waals surface area contributed by atoms with E-state index in [1.807, 2.05) is 67.6 Å². The lowest BCUT2D eigenvalue weighted by molar-refractivity contribution is -0.125. The fourth-order valence-electron chi connectivity index (χ4n) is 3.90. The van der Waals surface area contributed by atoms with Crippen LogP contribution in [0.1, 0.15) is 44.7 Å². The van der Waals surface area contributed by atoms with E-state index in [1.54, 1.807) is 24.3 Å². The first-order chi connectivity index (χ1) is 15.1. The number of rotatable bonds is 7. The summed E-state index contributed by atoms with van der Waals surface area (Å²) < 4.78 is 0. The second kappa shape index (κ2) is 8.96. The molecule has 2 atom stereocenters. The predicted octanol–water partition coefficient (Wildman–Crippen LogP) is 3.81. The number of imide groups is 1. The summed E-state index contributed by atoms with van der Waals surface area (Å²) in [4.78, 5) is 40.4. The van der Waals surface area contributed by atoms with Gasteiger partial charge in [0, 0.05) is 13.0 Å². The summed E-state index contributed by atoms with van der Waals surface area (Å²) >= 11 is 0. The van der Waals surface area contributed by atoms with Gasteiger partial charge in [0.1, 0.15) is 6.04 Å². The SMILES string of the molecule is CC(CNC(=O)[C@H](Cc1ccccc1)N1C(=O)c2ccccc2C1=O)c1ccccc1. The highest BCUT2D eigenvalue weighted by atomic mass is 16.2. The summed E-state index contributed by atoms with van der Waals surface area (Å²) in [5, 5.41) is 2.96. The van der Waals surface area contributed by atoms with Crippen molar-refractivity contribution in [3.63, 3.8) is 0 Å². The van der Waals surface area contributed by atoms with Crippen molar-refractivity contribution in [3.05, 3.63) is 107 Å². The Morgan fingerprint density at radius 2 is 1.32 bits per heavy atom. The number of amides is 3. The fourth-order valence-corrected chi connectivity index (χ4v) is 3.90. The first-order valence-electron chi connectivity index (χ1n) is 10.4. The number of carbonyl (C=O) groups is 3. The molecule has 0 spiro atoms. The molecule has 0 aliphatic carbocycles. The molecule has 1 N–H and O–H groups in total. The van der Waals surface area contributed by atoms with Crippen LogP contribution in [-0.2, 0) is 11.2 Å². The molecule has 1 unspecified atom stereocenters. The van der Waals surface area contributed by atoms with Crippen molar-refractivity contribution in [2.45, 2.75) is 25.3 Å². The second-order valence-electron chi connectivity index (χ2n) is 7.79. The molecule has 3 aromatic carbocycles. The molecule has 0 radical (unpaired) electrons. The molecule has 0 aromatic heterocycles. The van der Waals surface area contributed by atoms with Gasteiger partial charge in [-0.3, -0.25) is 19.3 Å². The molecule has 1 aliphatic heterocycles. The lowest BCUT2D eigenvalue weighted by atomic mass is 10.0. The molecule has 4 rings (SSSR count). The Balaban J connectivity index is 1.57. The van der Waals surface area contributed by atoms with Crippen LogP contribution < -0.4 is 5.32 Å². The minimum absolute atomic E-state index is 0.102. The van der Waals surface area contributed by atoms with Crippen LogP contribution in [0.4, 0.5) is 0 Å². The molecule has 0 saturated carbocycles. The van der Waals surface area contributed by atoms with Gasteiger partial charge in [-0.2, -0.15) is 0 Å². The van der Waals surface area contributed by atoms with E-state index in [9.17, 15) is 14.4 Å². The number of hydrogen-bond acceptors (Lipinski definition) is 3. The summed E-state index contributed by atoms with van der Waals surface area (Å²) in [6.07, 6.45) is 0.262. The molecule has 0 bridgehead atoms. The lowest BCUT2D eigenvalue weighted by Gasteiger charge is -2.26. The normalized spacial score (nSPS) is 14.8. The van der Waals surface area contributed by atoms with Crippen LogP contribution in [0.15, 0.2) is 84.9 Å². The zero-order chi connectivity index (χ0) is 21.8. The van der Waals surface area contributed by atoms with E-state index in [4.69, 9.17) is 0 Å². The van der Waals surface area contributed by atoms with Gasteiger partial charge in [0.15, 0.2) is 0 Å². The monoisotopic (exact) mass is 412 g/mol. The minimum atomic E-state index is -0.919. The predicted molar refractivity (Wildman–Crippen MR) is 119 cm³/mol. The van der Waals surface area contributed by atoms with Crippen molar-refractivity contribution >= 4 is 17.7 Å². The number of carbonyl (C=O) groups excluding carboxylic acids is 3. The Bertz CT molecular complexity index is 1060. The van der Waals surface area contributed by atoms with E-state index >= 15 is 0 Å². The molecule has 3 amide bonds. The molecule has 1 heterocycles. The third-order valence-electron chi connectivity index (χ3n) is 5.66. The Morgan fingerprint density at radius 3 is 1.90 bits per heavy atom. The average molecular weight is 412 g/mol. The smallest absolute Gasteiger partial charge is 0.262 e. The van der Waals surface area contributed by atoms with Crippen LogP contribution >= 0.6 is 0 Å². The molecule has 0 fully saturated rings. The van der Waals surface area contributed by atoms with E-state index in [0.29, 0.717) is 17.7 Å². The lowest BCUT2D eigenvalue weighted by Crippen LogP contribution is -2.51. The summed E-state index contributed by atoms with van der Waals surface area (Å²) in [5.74, 6) is -1.08. The summed E-state index contributed by atoms with van der Waals surface area (Å²) in [5.41, 5.74) is 2.69. The molecule has 5 nitrogen and oxygen atoms in total. The van der Waals surface area contributed by atoms with Crippen molar-refractivity contribution in [1.29, 1.82) is 0 Å². The van der Waals surface area contributed by atoms with Gasteiger partial charge in [-0.15, -0.1) is 0 Å². The third-order valence-corrected chi connectivity index (χ3v) is 5.66. The maximum atomic E-state index is 13.3. The van der Waals surface area contributed by atoms with E-state index < -0.39 is 17.9 Å². The van der Waals surface area contributed by atoms with Crippen molar-refractivity contribution in [2.75, 3.05) is 6.54 Å². The Morgan fingerprint density at radius 1 is 0.806 bits per heavy atom. The molecule has 1 aliphatic rings. The molecular formula is C26H24N2O3. The largest absolute Gasteiger partial charge is 0.354 e. The minimum Gasteiger partial charge on any atom is -0.354 e. The highest BCUT2D eigenvalue weighted by Gasteiger charge is 2.42. The number of nitrogens with one attached hydrogen (secondary N) is 1. The molecule has 31 heavy (non-hydrogen) atoms. The first kappa shape index (κ1) is 20.5. The summed E-state index contributed by atoms with van der Waals surface area (Å²) in [7, 11) is 0. The first-order valence-corrected chi connectivity index (χ1v) is 10.4. The summed E-state index contributed by atoms with van der Waals surface area (Å²) in [6, 6.07) is 25.1. The maximum Gasteiger partial charge on any atom is 0.262 e. The van der Waals surface area contributed by atoms with Gasteiger partial charge in [-0.25, -0.2) is 0 Å². The summed E-state index contributed by atoms with van der Waals surface area (Å²) in [6.45, 7) is 2.45. The molecule has 3 aromatic rings. The number of benzene rings is 3. The van der Waals surface area contributed by atoms with Gasteiger partial charge in [0.25, 0.3) is 11.8 Å². The van der Waals surface area contributed by atoms with Gasteiger partial charge in [0.05, 0.1) is 11.1 Å². The van der Waals surface area contributed by atoms with Crippen molar-refractivity contribution < 1.29 is 14.4 Å². The van der Waals surface area contributed by atoms with Crippen molar-refractivity contribution in [2.24, 2.45) is 0 Å². The van der Waals surface area contributed by atoms with E-state index in [2.05, 4.69) is 5.32 Å². The van der Waals surface area contributed by atoms with E-state index in [1.165, 1.54) is 0 Å². The Kier molecular flexibility index (Phi) is 5.94. The van der Waals surface area contributed by atoms with Gasteiger partial charge in [-0.1, -0.05) is 79.7 Å². The van der Waals surface area contributed by atoms with E-state index in [0.717, 1.165) is 16.0 Å². The number of hydrogen-bond donors (Lipinski definition) is 1. The van der Waals surface area contributed by atoms with Gasteiger partial charge in [0.2, 0.25) is 5.91 Å². The molecular weight excluding hydrogens is 388 g/mol. The van der Waals surface area contributed by atoms with Gasteiger partial charge in [-0.05, 0) is 29.2 Å². The highest BCUT2D eigenvalue weighted by Crippen LogP contribution is 2.26. The highest BCUT2D eigenvalue weighted by molar-refractivity contribution is 6.22. The van der Waals surface area contributed by atoms with Crippen LogP contribution in [0.5, 0.6) is 0 Å². The van der Waals surface area contributed by atoms with Crippen molar-refractivity contribution in [1.82, 2.24) is 10.2 Å². The quantitative estimate of drug-likeness (QED) is 0.600.